The summed E-state index contributed by atoms with van der Waals surface area (Å²) in [6.07, 6.45) is 0.766. The minimum atomic E-state index is -0.245. The molecule has 2 atom stereocenters. The van der Waals surface area contributed by atoms with Crippen LogP contribution in [0.4, 0.5) is 0 Å². The van der Waals surface area contributed by atoms with Gasteiger partial charge in [0.2, 0.25) is 5.91 Å². The molecule has 1 rings (SSSR count). The number of hydrogen-bond donors (Lipinski definition) is 2. The van der Waals surface area contributed by atoms with Gasteiger partial charge in [-0.3, -0.25) is 10.1 Å². The van der Waals surface area contributed by atoms with E-state index >= 15 is 0 Å². The molecular weight excluding hydrogens is 295 g/mol. The smallest absolute Gasteiger partial charge is 0.236 e. The number of amides is 1. The van der Waals surface area contributed by atoms with E-state index in [-0.39, 0.29) is 18.0 Å². The molecule has 2 N–H and O–H groups in total. The zero-order valence-corrected chi connectivity index (χ0v) is 13.8. The van der Waals surface area contributed by atoms with Gasteiger partial charge in [-0.05, 0) is 30.9 Å². The maximum absolute atomic E-state index is 11.9. The first-order valence-corrected chi connectivity index (χ1v) is 7.54. The molecule has 1 aromatic carbocycles. The maximum Gasteiger partial charge on any atom is 0.236 e. The topological polar surface area (TPSA) is 41.1 Å². The molecule has 0 spiro atoms. The average molecular weight is 317 g/mol. The van der Waals surface area contributed by atoms with Crippen LogP contribution in [0.3, 0.4) is 0 Å². The lowest BCUT2D eigenvalue weighted by Crippen LogP contribution is -2.44. The molecule has 0 radical (unpaired) electrons. The van der Waals surface area contributed by atoms with Gasteiger partial charge in [0.25, 0.3) is 0 Å². The van der Waals surface area contributed by atoms with Gasteiger partial charge in [-0.25, -0.2) is 0 Å². The molecule has 112 valence electrons. The van der Waals surface area contributed by atoms with Crippen molar-refractivity contribution in [2.75, 3.05) is 7.05 Å². The second-order valence-corrected chi connectivity index (χ2v) is 6.11. The highest BCUT2D eigenvalue weighted by molar-refractivity contribution is 6.42. The number of carbonyl (C=O) groups is 1. The van der Waals surface area contributed by atoms with Gasteiger partial charge in [0.15, 0.2) is 0 Å². The highest BCUT2D eigenvalue weighted by Gasteiger charge is 2.22. The van der Waals surface area contributed by atoms with Crippen LogP contribution in [0.5, 0.6) is 0 Å². The predicted octanol–water partition coefficient (Wildman–Crippen LogP) is 3.80. The Kier molecular flexibility index (Phi) is 6.80. The minimum Gasteiger partial charge on any atom is -0.358 e. The molecule has 2 unspecified atom stereocenters. The Hall–Kier alpha value is -0.770. The summed E-state index contributed by atoms with van der Waals surface area (Å²) in [5, 5.41) is 7.08. The predicted molar refractivity (Wildman–Crippen MR) is 85.3 cm³/mol. The SMILES string of the molecule is CNC(=O)C(CC(C)C)NC(C)c1cccc(Cl)c1Cl. The second-order valence-electron chi connectivity index (χ2n) is 5.33. The third-order valence-corrected chi connectivity index (χ3v) is 4.00. The number of halogens is 2. The largest absolute Gasteiger partial charge is 0.358 e. The third kappa shape index (κ3) is 4.65. The van der Waals surface area contributed by atoms with E-state index in [4.69, 9.17) is 23.2 Å². The molecule has 0 aliphatic heterocycles. The summed E-state index contributed by atoms with van der Waals surface area (Å²) in [5.74, 6) is 0.413. The van der Waals surface area contributed by atoms with Crippen LogP contribution in [0.1, 0.15) is 38.8 Å². The summed E-state index contributed by atoms with van der Waals surface area (Å²) in [4.78, 5) is 11.9. The first-order valence-electron chi connectivity index (χ1n) is 6.78. The van der Waals surface area contributed by atoms with Crippen molar-refractivity contribution >= 4 is 29.1 Å². The van der Waals surface area contributed by atoms with Crippen molar-refractivity contribution in [2.24, 2.45) is 5.92 Å². The van der Waals surface area contributed by atoms with E-state index in [0.29, 0.717) is 16.0 Å². The van der Waals surface area contributed by atoms with E-state index in [1.807, 2.05) is 19.1 Å². The van der Waals surface area contributed by atoms with Crippen LogP contribution in [-0.4, -0.2) is 19.0 Å². The quantitative estimate of drug-likeness (QED) is 0.838. The van der Waals surface area contributed by atoms with Gasteiger partial charge in [-0.15, -0.1) is 0 Å². The summed E-state index contributed by atoms with van der Waals surface area (Å²) < 4.78 is 0. The molecule has 0 aromatic heterocycles. The Morgan fingerprint density at radius 3 is 2.45 bits per heavy atom. The molecule has 0 aliphatic carbocycles. The fourth-order valence-electron chi connectivity index (χ4n) is 2.14. The van der Waals surface area contributed by atoms with E-state index in [2.05, 4.69) is 24.5 Å². The maximum atomic E-state index is 11.9. The lowest BCUT2D eigenvalue weighted by Gasteiger charge is -2.24. The first kappa shape index (κ1) is 17.3. The van der Waals surface area contributed by atoms with E-state index in [0.717, 1.165) is 12.0 Å². The van der Waals surface area contributed by atoms with Crippen LogP contribution in [0.15, 0.2) is 18.2 Å². The van der Waals surface area contributed by atoms with E-state index in [9.17, 15) is 4.79 Å². The first-order chi connectivity index (χ1) is 9.36. The Balaban J connectivity index is 2.87. The van der Waals surface area contributed by atoms with Crippen molar-refractivity contribution in [3.05, 3.63) is 33.8 Å². The van der Waals surface area contributed by atoms with Crippen molar-refractivity contribution in [3.63, 3.8) is 0 Å². The fraction of sp³-hybridized carbons (Fsp3) is 0.533. The van der Waals surface area contributed by atoms with Gasteiger partial charge >= 0.3 is 0 Å². The van der Waals surface area contributed by atoms with E-state index in [1.165, 1.54) is 0 Å². The number of nitrogens with one attached hydrogen (secondary N) is 2. The third-order valence-electron chi connectivity index (χ3n) is 3.17. The molecule has 0 saturated heterocycles. The Bertz CT molecular complexity index is 463. The Morgan fingerprint density at radius 1 is 1.25 bits per heavy atom. The number of rotatable bonds is 6. The number of benzene rings is 1. The van der Waals surface area contributed by atoms with Crippen molar-refractivity contribution in [2.45, 2.75) is 39.3 Å². The molecule has 0 bridgehead atoms. The van der Waals surface area contributed by atoms with Crippen molar-refractivity contribution < 1.29 is 4.79 Å². The summed E-state index contributed by atoms with van der Waals surface area (Å²) in [6, 6.07) is 5.23. The van der Waals surface area contributed by atoms with Crippen LogP contribution in [0, 0.1) is 5.92 Å². The van der Waals surface area contributed by atoms with Crippen molar-refractivity contribution in [1.82, 2.24) is 10.6 Å². The van der Waals surface area contributed by atoms with Crippen LogP contribution < -0.4 is 10.6 Å². The molecule has 0 aliphatic rings. The molecule has 0 saturated carbocycles. The van der Waals surface area contributed by atoms with Crippen LogP contribution in [-0.2, 0) is 4.79 Å². The number of likely N-dealkylation sites (N-methyl/N-ethyl adjacent to an activating group) is 1. The average Bonchev–Trinajstić information content (AvgIpc) is 2.39. The summed E-state index contributed by atoms with van der Waals surface area (Å²) >= 11 is 12.2. The zero-order valence-electron chi connectivity index (χ0n) is 12.3. The molecule has 5 heteroatoms. The lowest BCUT2D eigenvalue weighted by atomic mass is 10.0. The van der Waals surface area contributed by atoms with Crippen LogP contribution >= 0.6 is 23.2 Å². The molecule has 1 amide bonds. The molecule has 1 aromatic rings. The van der Waals surface area contributed by atoms with Crippen molar-refractivity contribution in [3.8, 4) is 0 Å². The highest BCUT2D eigenvalue weighted by atomic mass is 35.5. The standard InChI is InChI=1S/C15H22Cl2N2O/c1-9(2)8-13(15(20)18-4)19-10(3)11-6-5-7-12(16)14(11)17/h5-7,9-10,13,19H,8H2,1-4H3,(H,18,20). The van der Waals surface area contributed by atoms with Gasteiger partial charge in [0.05, 0.1) is 16.1 Å². The van der Waals surface area contributed by atoms with Crippen LogP contribution in [0.25, 0.3) is 0 Å². The monoisotopic (exact) mass is 316 g/mol. The summed E-state index contributed by atoms with van der Waals surface area (Å²) in [7, 11) is 1.65. The zero-order chi connectivity index (χ0) is 15.3. The Labute approximate surface area is 131 Å². The summed E-state index contributed by atoms with van der Waals surface area (Å²) in [6.45, 7) is 6.16. The van der Waals surface area contributed by atoms with E-state index < -0.39 is 0 Å². The second kappa shape index (κ2) is 7.87. The molecule has 0 heterocycles. The van der Waals surface area contributed by atoms with E-state index in [1.54, 1.807) is 13.1 Å². The highest BCUT2D eigenvalue weighted by Crippen LogP contribution is 2.30. The molecule has 20 heavy (non-hydrogen) atoms. The lowest BCUT2D eigenvalue weighted by molar-refractivity contribution is -0.123. The minimum absolute atomic E-state index is 0.0105. The summed E-state index contributed by atoms with van der Waals surface area (Å²) in [5.41, 5.74) is 0.900. The fourth-order valence-corrected chi connectivity index (χ4v) is 2.61. The number of carbonyl (C=O) groups excluding carboxylic acids is 1. The molecule has 0 fully saturated rings. The van der Waals surface area contributed by atoms with Crippen molar-refractivity contribution in [1.29, 1.82) is 0 Å². The number of hydrogen-bond acceptors (Lipinski definition) is 2. The Morgan fingerprint density at radius 2 is 1.90 bits per heavy atom. The van der Waals surface area contributed by atoms with Gasteiger partial charge < -0.3 is 5.32 Å². The van der Waals surface area contributed by atoms with Gasteiger partial charge in [0, 0.05) is 13.1 Å². The normalized spacial score (nSPS) is 14.2. The molecular formula is C15H22Cl2N2O. The van der Waals surface area contributed by atoms with Crippen LogP contribution in [0.2, 0.25) is 10.0 Å². The van der Waals surface area contributed by atoms with Gasteiger partial charge in [0.1, 0.15) is 0 Å². The van der Waals surface area contributed by atoms with Gasteiger partial charge in [-0.2, -0.15) is 0 Å². The van der Waals surface area contributed by atoms with Gasteiger partial charge in [-0.1, -0.05) is 49.2 Å². The molecule has 3 nitrogen and oxygen atoms in total.